The average Bonchev–Trinajstić information content (AvgIpc) is 3.00. The van der Waals surface area contributed by atoms with E-state index in [1.807, 2.05) is 6.92 Å². The van der Waals surface area contributed by atoms with Crippen LogP contribution in [0.3, 0.4) is 0 Å². The number of amides is 1. The van der Waals surface area contributed by atoms with E-state index in [4.69, 9.17) is 5.73 Å². The molecule has 1 atom stereocenters. The van der Waals surface area contributed by atoms with Crippen LogP contribution in [0.4, 0.5) is 5.82 Å². The van der Waals surface area contributed by atoms with Gasteiger partial charge in [-0.15, -0.1) is 0 Å². The molecule has 1 aromatic rings. The minimum atomic E-state index is -0.200. The van der Waals surface area contributed by atoms with E-state index in [1.54, 1.807) is 0 Å². The highest BCUT2D eigenvalue weighted by molar-refractivity contribution is 5.92. The molecule has 5 nitrogen and oxygen atoms in total. The van der Waals surface area contributed by atoms with Gasteiger partial charge in [0.25, 0.3) is 5.91 Å². The van der Waals surface area contributed by atoms with Crippen molar-refractivity contribution < 1.29 is 4.79 Å². The molecule has 1 fully saturated rings. The second kappa shape index (κ2) is 3.84. The summed E-state index contributed by atoms with van der Waals surface area (Å²) in [7, 11) is 0. The summed E-state index contributed by atoms with van der Waals surface area (Å²) in [6, 6.07) is 0.209. The van der Waals surface area contributed by atoms with Crippen molar-refractivity contribution in [2.24, 2.45) is 5.92 Å². The lowest BCUT2D eigenvalue weighted by atomic mass is 10.2. The van der Waals surface area contributed by atoms with E-state index in [-0.39, 0.29) is 23.5 Å². The van der Waals surface area contributed by atoms with E-state index < -0.39 is 0 Å². The highest BCUT2D eigenvalue weighted by atomic mass is 16.1. The topological polar surface area (TPSA) is 80.9 Å². The summed E-state index contributed by atoms with van der Waals surface area (Å²) in [5.41, 5.74) is 5.73. The van der Waals surface area contributed by atoms with Gasteiger partial charge in [0.05, 0.1) is 12.4 Å². The van der Waals surface area contributed by atoms with Gasteiger partial charge in [-0.3, -0.25) is 9.78 Å². The summed E-state index contributed by atoms with van der Waals surface area (Å²) in [6.45, 7) is 2.01. The summed E-state index contributed by atoms with van der Waals surface area (Å²) in [4.78, 5) is 19.4. The molecule has 3 N–H and O–H groups in total. The van der Waals surface area contributed by atoms with E-state index >= 15 is 0 Å². The molecule has 0 bridgehead atoms. The van der Waals surface area contributed by atoms with Crippen LogP contribution in [0.15, 0.2) is 12.4 Å². The maximum Gasteiger partial charge on any atom is 0.271 e. The van der Waals surface area contributed by atoms with Crippen molar-refractivity contribution in [2.75, 3.05) is 5.73 Å². The lowest BCUT2D eigenvalue weighted by molar-refractivity contribution is 0.0930. The van der Waals surface area contributed by atoms with Crippen molar-refractivity contribution in [2.45, 2.75) is 25.8 Å². The number of hydrogen-bond acceptors (Lipinski definition) is 4. The molecule has 1 aliphatic carbocycles. The summed E-state index contributed by atoms with van der Waals surface area (Å²) in [5, 5.41) is 2.89. The molecule has 1 aromatic heterocycles. The van der Waals surface area contributed by atoms with Gasteiger partial charge in [0.15, 0.2) is 0 Å². The van der Waals surface area contributed by atoms with E-state index in [1.165, 1.54) is 25.2 Å². The molecule has 0 spiro atoms. The Bertz CT molecular complexity index is 375. The number of nitrogens with zero attached hydrogens (tertiary/aromatic N) is 2. The van der Waals surface area contributed by atoms with Gasteiger partial charge in [0.1, 0.15) is 11.5 Å². The van der Waals surface area contributed by atoms with Crippen LogP contribution in [0.5, 0.6) is 0 Å². The first-order valence-corrected chi connectivity index (χ1v) is 5.05. The largest absolute Gasteiger partial charge is 0.382 e. The first-order valence-electron chi connectivity index (χ1n) is 5.05. The van der Waals surface area contributed by atoms with Crippen LogP contribution < -0.4 is 11.1 Å². The van der Waals surface area contributed by atoms with Gasteiger partial charge in [0, 0.05) is 6.04 Å². The Morgan fingerprint density at radius 3 is 2.93 bits per heavy atom. The Kier molecular flexibility index (Phi) is 2.53. The van der Waals surface area contributed by atoms with Crippen LogP contribution in [0, 0.1) is 5.92 Å². The predicted molar refractivity (Wildman–Crippen MR) is 56.1 cm³/mol. The zero-order chi connectivity index (χ0) is 10.8. The molecule has 15 heavy (non-hydrogen) atoms. The minimum absolute atomic E-state index is 0.200. The van der Waals surface area contributed by atoms with Crippen molar-refractivity contribution in [3.05, 3.63) is 18.1 Å². The van der Waals surface area contributed by atoms with Crippen molar-refractivity contribution in [1.82, 2.24) is 15.3 Å². The molecule has 0 saturated heterocycles. The quantitative estimate of drug-likeness (QED) is 0.758. The SMILES string of the molecule is CC(NC(=O)c1cncc(N)n1)C1CC1. The Labute approximate surface area is 88.1 Å². The summed E-state index contributed by atoms with van der Waals surface area (Å²) in [6.07, 6.45) is 5.24. The van der Waals surface area contributed by atoms with Crippen molar-refractivity contribution in [1.29, 1.82) is 0 Å². The van der Waals surface area contributed by atoms with Crippen LogP contribution in [0.2, 0.25) is 0 Å². The normalized spacial score (nSPS) is 17.1. The molecule has 2 rings (SSSR count). The molecule has 5 heteroatoms. The number of rotatable bonds is 3. The van der Waals surface area contributed by atoms with Crippen LogP contribution in [-0.4, -0.2) is 21.9 Å². The number of carbonyl (C=O) groups is 1. The molecule has 0 aromatic carbocycles. The molecule has 1 amide bonds. The Hall–Kier alpha value is -1.65. The summed E-state index contributed by atoms with van der Waals surface area (Å²) < 4.78 is 0. The van der Waals surface area contributed by atoms with Gasteiger partial charge < -0.3 is 11.1 Å². The Balaban J connectivity index is 2.00. The van der Waals surface area contributed by atoms with Crippen molar-refractivity contribution in [3.8, 4) is 0 Å². The molecule has 1 aliphatic rings. The number of aromatic nitrogens is 2. The summed E-state index contributed by atoms with van der Waals surface area (Å²) >= 11 is 0. The van der Waals surface area contributed by atoms with Crippen LogP contribution >= 0.6 is 0 Å². The Morgan fingerprint density at radius 1 is 1.60 bits per heavy atom. The van der Waals surface area contributed by atoms with Crippen LogP contribution in [-0.2, 0) is 0 Å². The molecule has 1 saturated carbocycles. The maximum atomic E-state index is 11.7. The second-order valence-electron chi connectivity index (χ2n) is 3.93. The molecule has 80 valence electrons. The number of hydrogen-bond donors (Lipinski definition) is 2. The third kappa shape index (κ3) is 2.43. The molecule has 1 heterocycles. The molecular formula is C10H14N4O. The monoisotopic (exact) mass is 206 g/mol. The second-order valence-corrected chi connectivity index (χ2v) is 3.93. The smallest absolute Gasteiger partial charge is 0.271 e. The van der Waals surface area contributed by atoms with Gasteiger partial charge in [-0.25, -0.2) is 4.98 Å². The van der Waals surface area contributed by atoms with Gasteiger partial charge in [0.2, 0.25) is 0 Å². The lowest BCUT2D eigenvalue weighted by Crippen LogP contribution is -2.34. The fourth-order valence-electron chi connectivity index (χ4n) is 1.49. The summed E-state index contributed by atoms with van der Waals surface area (Å²) in [5.74, 6) is 0.693. The molecule has 1 unspecified atom stereocenters. The van der Waals surface area contributed by atoms with E-state index in [9.17, 15) is 4.79 Å². The molecular weight excluding hydrogens is 192 g/mol. The number of nitrogens with one attached hydrogen (secondary N) is 1. The number of nitrogens with two attached hydrogens (primary N) is 1. The first kappa shape index (κ1) is 9.89. The van der Waals surface area contributed by atoms with Crippen molar-refractivity contribution in [3.63, 3.8) is 0 Å². The zero-order valence-corrected chi connectivity index (χ0v) is 8.60. The lowest BCUT2D eigenvalue weighted by Gasteiger charge is -2.11. The van der Waals surface area contributed by atoms with E-state index in [0.717, 1.165) is 0 Å². The number of anilines is 1. The van der Waals surface area contributed by atoms with E-state index in [0.29, 0.717) is 5.92 Å². The van der Waals surface area contributed by atoms with Gasteiger partial charge in [-0.2, -0.15) is 0 Å². The van der Waals surface area contributed by atoms with Gasteiger partial charge in [-0.1, -0.05) is 0 Å². The first-order chi connectivity index (χ1) is 7.16. The van der Waals surface area contributed by atoms with Crippen LogP contribution in [0.25, 0.3) is 0 Å². The van der Waals surface area contributed by atoms with Crippen molar-refractivity contribution >= 4 is 11.7 Å². The predicted octanol–water partition coefficient (Wildman–Crippen LogP) is 0.587. The molecule has 0 aliphatic heterocycles. The third-order valence-electron chi connectivity index (χ3n) is 2.57. The number of carbonyl (C=O) groups excluding carboxylic acids is 1. The highest BCUT2D eigenvalue weighted by Crippen LogP contribution is 2.32. The average molecular weight is 206 g/mol. The maximum absolute atomic E-state index is 11.7. The van der Waals surface area contributed by atoms with Crippen LogP contribution in [0.1, 0.15) is 30.3 Å². The fraction of sp³-hybridized carbons (Fsp3) is 0.500. The van der Waals surface area contributed by atoms with Gasteiger partial charge in [-0.05, 0) is 25.7 Å². The standard InChI is InChI=1S/C10H14N4O/c1-6(7-2-3-7)13-10(15)8-4-12-5-9(11)14-8/h4-7H,2-3H2,1H3,(H2,11,14)(H,13,15). The fourth-order valence-corrected chi connectivity index (χ4v) is 1.49. The van der Waals surface area contributed by atoms with E-state index in [2.05, 4.69) is 15.3 Å². The minimum Gasteiger partial charge on any atom is -0.382 e. The van der Waals surface area contributed by atoms with Gasteiger partial charge >= 0.3 is 0 Å². The zero-order valence-electron chi connectivity index (χ0n) is 8.60. The Morgan fingerprint density at radius 2 is 2.33 bits per heavy atom. The third-order valence-corrected chi connectivity index (χ3v) is 2.57. The highest BCUT2D eigenvalue weighted by Gasteiger charge is 2.29. The number of nitrogen functional groups attached to an aromatic ring is 1. The molecule has 0 radical (unpaired) electrons.